The highest BCUT2D eigenvalue weighted by Gasteiger charge is 2.29. The second kappa shape index (κ2) is 5.64. The van der Waals surface area contributed by atoms with Gasteiger partial charge in [0.2, 0.25) is 10.0 Å². The van der Waals surface area contributed by atoms with Crippen LogP contribution >= 0.6 is 0 Å². The van der Waals surface area contributed by atoms with E-state index >= 15 is 0 Å². The van der Waals surface area contributed by atoms with E-state index in [1.807, 2.05) is 0 Å². The van der Waals surface area contributed by atoms with Gasteiger partial charge in [0.25, 0.3) is 0 Å². The number of carboxylic acids is 1. The summed E-state index contributed by atoms with van der Waals surface area (Å²) in [6.07, 6.45) is 3.02. The number of rotatable bonds is 4. The first-order valence-electron chi connectivity index (χ1n) is 5.85. The summed E-state index contributed by atoms with van der Waals surface area (Å²) in [7, 11) is -3.65. The molecule has 0 spiro atoms. The Hall–Kier alpha value is -1.51. The maximum atomic E-state index is 12.1. The molecule has 3 N–H and O–H groups in total. The lowest BCUT2D eigenvalue weighted by molar-refractivity contribution is -0.142. The fourth-order valence-corrected chi connectivity index (χ4v) is 3.23. The van der Waals surface area contributed by atoms with Crippen molar-refractivity contribution in [3.05, 3.63) is 24.5 Å². The summed E-state index contributed by atoms with van der Waals surface area (Å²) in [5, 5.41) is 11.9. The number of carboxylic acid groups (broad SMARTS) is 1. The van der Waals surface area contributed by atoms with Crippen molar-refractivity contribution < 1.29 is 18.3 Å². The van der Waals surface area contributed by atoms with Crippen LogP contribution in [0.4, 0.5) is 0 Å². The van der Waals surface area contributed by atoms with Gasteiger partial charge in [-0.05, 0) is 18.6 Å². The third-order valence-electron chi connectivity index (χ3n) is 2.97. The summed E-state index contributed by atoms with van der Waals surface area (Å²) in [6.45, 7) is 0.781. The number of nitrogens with zero attached hydrogens (tertiary/aromatic N) is 1. The second-order valence-corrected chi connectivity index (χ2v) is 6.15. The molecule has 1 aliphatic rings. The van der Waals surface area contributed by atoms with E-state index in [4.69, 9.17) is 5.11 Å². The Morgan fingerprint density at radius 1 is 1.47 bits per heavy atom. The molecule has 0 aromatic carbocycles. The van der Waals surface area contributed by atoms with Crippen molar-refractivity contribution in [2.75, 3.05) is 13.1 Å². The van der Waals surface area contributed by atoms with E-state index in [1.165, 1.54) is 24.5 Å². The predicted molar refractivity (Wildman–Crippen MR) is 67.0 cm³/mol. The number of aliphatic carboxylic acids is 1. The van der Waals surface area contributed by atoms with E-state index in [0.717, 1.165) is 0 Å². The first-order valence-corrected chi connectivity index (χ1v) is 7.33. The Bertz CT molecular complexity index is 546. The van der Waals surface area contributed by atoms with Crippen LogP contribution in [0, 0.1) is 5.92 Å². The molecule has 8 heteroatoms. The molecular formula is C11H15N3O4S. The highest BCUT2D eigenvalue weighted by molar-refractivity contribution is 7.89. The fourth-order valence-electron chi connectivity index (χ4n) is 2.01. The van der Waals surface area contributed by atoms with Gasteiger partial charge in [-0.25, -0.2) is 13.1 Å². The van der Waals surface area contributed by atoms with Crippen molar-refractivity contribution in [2.24, 2.45) is 5.92 Å². The summed E-state index contributed by atoms with van der Waals surface area (Å²) in [5.41, 5.74) is 0. The molecule has 7 nitrogen and oxygen atoms in total. The molecule has 1 aromatic rings. The summed E-state index contributed by atoms with van der Waals surface area (Å²) in [5.74, 6) is -1.49. The Kier molecular flexibility index (Phi) is 4.13. The molecule has 1 saturated heterocycles. The zero-order chi connectivity index (χ0) is 13.9. The first-order chi connectivity index (χ1) is 8.99. The minimum Gasteiger partial charge on any atom is -0.481 e. The number of piperidine rings is 1. The number of hydrogen-bond donors (Lipinski definition) is 3. The zero-order valence-electron chi connectivity index (χ0n) is 10.1. The van der Waals surface area contributed by atoms with Crippen LogP contribution in [0.3, 0.4) is 0 Å². The molecular weight excluding hydrogens is 270 g/mol. The van der Waals surface area contributed by atoms with Crippen LogP contribution in [-0.4, -0.2) is 43.6 Å². The number of nitrogens with one attached hydrogen (secondary N) is 2. The second-order valence-electron chi connectivity index (χ2n) is 4.44. The average Bonchev–Trinajstić information content (AvgIpc) is 2.39. The molecule has 0 saturated carbocycles. The number of sulfonamides is 1. The molecule has 0 bridgehead atoms. The summed E-state index contributed by atoms with van der Waals surface area (Å²) in [6, 6.07) is 2.55. The lowest BCUT2D eigenvalue weighted by Crippen LogP contribution is -2.50. The zero-order valence-corrected chi connectivity index (χ0v) is 10.9. The fraction of sp³-hybridized carbons (Fsp3) is 0.455. The molecule has 2 atom stereocenters. The standard InChI is InChI=1S/C11H15N3O4S/c15-11(16)8-4-9(6-13-5-8)14-19(17,18)10-2-1-3-12-7-10/h1-3,7-9,13-14H,4-6H2,(H,15,16)/t8-,9+/m0/s1. The summed E-state index contributed by atoms with van der Waals surface area (Å²) < 4.78 is 26.6. The van der Waals surface area contributed by atoms with Crippen LogP contribution in [-0.2, 0) is 14.8 Å². The first kappa shape index (κ1) is 13.9. The normalized spacial score (nSPS) is 24.0. The topological polar surface area (TPSA) is 108 Å². The van der Waals surface area contributed by atoms with Gasteiger partial charge in [-0.1, -0.05) is 0 Å². The maximum absolute atomic E-state index is 12.1. The number of hydrogen-bond acceptors (Lipinski definition) is 5. The van der Waals surface area contributed by atoms with Crippen LogP contribution in [0.2, 0.25) is 0 Å². The Morgan fingerprint density at radius 3 is 2.89 bits per heavy atom. The Balaban J connectivity index is 2.06. The highest BCUT2D eigenvalue weighted by Crippen LogP contribution is 2.14. The van der Waals surface area contributed by atoms with E-state index in [9.17, 15) is 13.2 Å². The molecule has 1 aromatic heterocycles. The van der Waals surface area contributed by atoms with Gasteiger partial charge in [0.1, 0.15) is 4.90 Å². The van der Waals surface area contributed by atoms with Crippen molar-refractivity contribution >= 4 is 16.0 Å². The quantitative estimate of drug-likeness (QED) is 0.683. The molecule has 1 fully saturated rings. The van der Waals surface area contributed by atoms with Crippen molar-refractivity contribution in [3.63, 3.8) is 0 Å². The SMILES string of the molecule is O=C(O)[C@@H]1CNC[C@H](NS(=O)(=O)c2cccnc2)C1. The molecule has 2 rings (SSSR count). The minimum atomic E-state index is -3.65. The van der Waals surface area contributed by atoms with Crippen molar-refractivity contribution in [1.82, 2.24) is 15.0 Å². The third kappa shape index (κ3) is 3.49. The summed E-state index contributed by atoms with van der Waals surface area (Å²) >= 11 is 0. The van der Waals surface area contributed by atoms with Crippen molar-refractivity contribution in [3.8, 4) is 0 Å². The Labute approximate surface area is 111 Å². The Morgan fingerprint density at radius 2 is 2.26 bits per heavy atom. The smallest absolute Gasteiger partial charge is 0.307 e. The lowest BCUT2D eigenvalue weighted by atomic mass is 9.97. The van der Waals surface area contributed by atoms with Gasteiger partial charge in [0, 0.05) is 31.5 Å². The van der Waals surface area contributed by atoms with Gasteiger partial charge >= 0.3 is 5.97 Å². The van der Waals surface area contributed by atoms with Gasteiger partial charge in [0.05, 0.1) is 5.92 Å². The van der Waals surface area contributed by atoms with E-state index in [-0.39, 0.29) is 11.3 Å². The van der Waals surface area contributed by atoms with E-state index in [1.54, 1.807) is 0 Å². The van der Waals surface area contributed by atoms with Gasteiger partial charge in [-0.2, -0.15) is 0 Å². The van der Waals surface area contributed by atoms with Gasteiger partial charge in [-0.15, -0.1) is 0 Å². The molecule has 19 heavy (non-hydrogen) atoms. The van der Waals surface area contributed by atoms with Crippen LogP contribution in [0.15, 0.2) is 29.4 Å². The van der Waals surface area contributed by atoms with Crippen LogP contribution in [0.1, 0.15) is 6.42 Å². The van der Waals surface area contributed by atoms with Crippen LogP contribution in [0.25, 0.3) is 0 Å². The number of carbonyl (C=O) groups is 1. The summed E-state index contributed by atoms with van der Waals surface area (Å²) in [4.78, 5) is 14.7. The molecule has 104 valence electrons. The van der Waals surface area contributed by atoms with Crippen LogP contribution < -0.4 is 10.0 Å². The molecule has 2 heterocycles. The molecule has 0 unspecified atom stereocenters. The lowest BCUT2D eigenvalue weighted by Gasteiger charge is -2.28. The number of aromatic nitrogens is 1. The van der Waals surface area contributed by atoms with E-state index in [0.29, 0.717) is 13.1 Å². The molecule has 0 aliphatic carbocycles. The highest BCUT2D eigenvalue weighted by atomic mass is 32.2. The van der Waals surface area contributed by atoms with E-state index in [2.05, 4.69) is 15.0 Å². The van der Waals surface area contributed by atoms with Crippen molar-refractivity contribution in [1.29, 1.82) is 0 Å². The maximum Gasteiger partial charge on any atom is 0.307 e. The third-order valence-corrected chi connectivity index (χ3v) is 4.47. The molecule has 0 radical (unpaired) electrons. The monoisotopic (exact) mass is 285 g/mol. The van der Waals surface area contributed by atoms with E-state index < -0.39 is 28.0 Å². The number of pyridine rings is 1. The molecule has 0 amide bonds. The molecule has 1 aliphatic heterocycles. The average molecular weight is 285 g/mol. The van der Waals surface area contributed by atoms with Gasteiger partial charge in [-0.3, -0.25) is 9.78 Å². The largest absolute Gasteiger partial charge is 0.481 e. The van der Waals surface area contributed by atoms with Gasteiger partial charge < -0.3 is 10.4 Å². The minimum absolute atomic E-state index is 0.0763. The predicted octanol–water partition coefficient (Wildman–Crippen LogP) is -0.577. The van der Waals surface area contributed by atoms with Crippen molar-refractivity contribution in [2.45, 2.75) is 17.4 Å². The van der Waals surface area contributed by atoms with Gasteiger partial charge in [0.15, 0.2) is 0 Å². The van der Waals surface area contributed by atoms with Crippen LogP contribution in [0.5, 0.6) is 0 Å².